The third kappa shape index (κ3) is 6.27. The summed E-state index contributed by atoms with van der Waals surface area (Å²) in [6, 6.07) is 6.95. The monoisotopic (exact) mass is 329 g/mol. The van der Waals surface area contributed by atoms with Crippen LogP contribution in [0.4, 0.5) is 4.39 Å². The molecule has 2 rings (SSSR count). The minimum Gasteiger partial charge on any atom is -0.206 e. The minimum absolute atomic E-state index is 0.151. The summed E-state index contributed by atoms with van der Waals surface area (Å²) in [5.41, 5.74) is 1.18. The average Bonchev–Trinajstić information content (AvgIpc) is 2.61. The van der Waals surface area contributed by atoms with E-state index in [4.69, 9.17) is 5.26 Å². The van der Waals surface area contributed by atoms with Gasteiger partial charge in [0, 0.05) is 0 Å². The first-order valence-corrected chi connectivity index (χ1v) is 9.91. The molecule has 1 aromatic rings. The van der Waals surface area contributed by atoms with E-state index in [2.05, 4.69) is 6.92 Å². The lowest BCUT2D eigenvalue weighted by Crippen LogP contribution is -2.15. The van der Waals surface area contributed by atoms with E-state index >= 15 is 0 Å². The molecular weight excluding hydrogens is 297 g/mol. The normalized spacial score (nSPS) is 20.7. The third-order valence-corrected chi connectivity index (χ3v) is 5.68. The van der Waals surface area contributed by atoms with Gasteiger partial charge in [0.05, 0.1) is 5.56 Å². The average molecular weight is 330 g/mol. The second kappa shape index (κ2) is 10.5. The highest BCUT2D eigenvalue weighted by Gasteiger charge is 2.20. The number of rotatable bonds is 9. The van der Waals surface area contributed by atoms with Gasteiger partial charge in [-0.2, -0.15) is 5.26 Å². The summed E-state index contributed by atoms with van der Waals surface area (Å²) in [6.45, 7) is 2.27. The Morgan fingerprint density at radius 1 is 1.00 bits per heavy atom. The van der Waals surface area contributed by atoms with E-state index in [1.165, 1.54) is 64.2 Å². The molecule has 0 radical (unpaired) electrons. The molecule has 0 heterocycles. The Kier molecular flexibility index (Phi) is 8.29. The van der Waals surface area contributed by atoms with Gasteiger partial charge in [-0.1, -0.05) is 77.2 Å². The molecule has 0 aromatic heterocycles. The van der Waals surface area contributed by atoms with Crippen molar-refractivity contribution >= 4 is 0 Å². The lowest BCUT2D eigenvalue weighted by atomic mass is 9.77. The second-order valence-corrected chi connectivity index (χ2v) is 7.55. The molecule has 2 heteroatoms. The van der Waals surface area contributed by atoms with Crippen molar-refractivity contribution in [3.05, 3.63) is 35.1 Å². The maximum atomic E-state index is 13.6. The minimum atomic E-state index is -0.373. The van der Waals surface area contributed by atoms with Gasteiger partial charge in [0.25, 0.3) is 0 Å². The molecule has 132 valence electrons. The van der Waals surface area contributed by atoms with E-state index in [-0.39, 0.29) is 11.4 Å². The van der Waals surface area contributed by atoms with Crippen LogP contribution in [0.15, 0.2) is 18.2 Å². The van der Waals surface area contributed by atoms with Crippen LogP contribution in [0.3, 0.4) is 0 Å². The number of benzene rings is 1. The number of hydrogen-bond donors (Lipinski definition) is 0. The first kappa shape index (κ1) is 19.0. The summed E-state index contributed by atoms with van der Waals surface area (Å²) >= 11 is 0. The zero-order chi connectivity index (χ0) is 17.2. The van der Waals surface area contributed by atoms with Gasteiger partial charge in [0.1, 0.15) is 11.9 Å². The van der Waals surface area contributed by atoms with Gasteiger partial charge >= 0.3 is 0 Å². The summed E-state index contributed by atoms with van der Waals surface area (Å²) < 4.78 is 13.6. The van der Waals surface area contributed by atoms with Crippen LogP contribution in [0.5, 0.6) is 0 Å². The Morgan fingerprint density at radius 3 is 2.29 bits per heavy atom. The molecule has 1 aromatic carbocycles. The molecule has 1 aliphatic carbocycles. The van der Waals surface area contributed by atoms with Crippen LogP contribution in [0.1, 0.15) is 88.7 Å². The highest BCUT2D eigenvalue weighted by Crippen LogP contribution is 2.34. The van der Waals surface area contributed by atoms with Gasteiger partial charge in [-0.05, 0) is 42.4 Å². The van der Waals surface area contributed by atoms with Crippen molar-refractivity contribution in [1.82, 2.24) is 0 Å². The van der Waals surface area contributed by atoms with Crippen LogP contribution in [-0.2, 0) is 6.42 Å². The van der Waals surface area contributed by atoms with Crippen molar-refractivity contribution in [2.75, 3.05) is 0 Å². The molecule has 0 N–H and O–H groups in total. The molecule has 0 atom stereocenters. The molecule has 1 fully saturated rings. The predicted molar refractivity (Wildman–Crippen MR) is 98.3 cm³/mol. The lowest BCUT2D eigenvalue weighted by Gasteiger charge is -2.28. The zero-order valence-corrected chi connectivity index (χ0v) is 15.2. The van der Waals surface area contributed by atoms with E-state index < -0.39 is 0 Å². The first-order chi connectivity index (χ1) is 11.7. The highest BCUT2D eigenvalue weighted by atomic mass is 19.1. The van der Waals surface area contributed by atoms with Crippen molar-refractivity contribution in [3.8, 4) is 6.07 Å². The van der Waals surface area contributed by atoms with Crippen LogP contribution in [0, 0.1) is 29.0 Å². The van der Waals surface area contributed by atoms with Gasteiger partial charge in [-0.15, -0.1) is 0 Å². The summed E-state index contributed by atoms with van der Waals surface area (Å²) in [4.78, 5) is 0. The van der Waals surface area contributed by atoms with Crippen molar-refractivity contribution in [2.24, 2.45) is 11.8 Å². The first-order valence-electron chi connectivity index (χ1n) is 9.91. The Labute approximate surface area is 147 Å². The summed E-state index contributed by atoms with van der Waals surface area (Å²) in [5, 5.41) is 8.78. The fraction of sp³-hybridized carbons (Fsp3) is 0.682. The summed E-state index contributed by atoms with van der Waals surface area (Å²) in [7, 11) is 0. The fourth-order valence-electron chi connectivity index (χ4n) is 4.02. The second-order valence-electron chi connectivity index (χ2n) is 7.55. The molecule has 0 unspecified atom stereocenters. The summed E-state index contributed by atoms with van der Waals surface area (Å²) in [5.74, 6) is 1.39. The van der Waals surface area contributed by atoms with Gasteiger partial charge in [0.15, 0.2) is 0 Å². The number of unbranched alkanes of at least 4 members (excludes halogenated alkanes) is 4. The Morgan fingerprint density at radius 2 is 1.67 bits per heavy atom. The Hall–Kier alpha value is -1.36. The van der Waals surface area contributed by atoms with Crippen molar-refractivity contribution in [3.63, 3.8) is 0 Å². The lowest BCUT2D eigenvalue weighted by molar-refractivity contribution is 0.248. The molecular formula is C22H32FN. The number of halogens is 1. The van der Waals surface area contributed by atoms with Crippen LogP contribution in [0.25, 0.3) is 0 Å². The van der Waals surface area contributed by atoms with Crippen molar-refractivity contribution < 1.29 is 4.39 Å². The molecule has 1 aliphatic rings. The quantitative estimate of drug-likeness (QED) is 0.457. The van der Waals surface area contributed by atoms with Gasteiger partial charge in [-0.3, -0.25) is 0 Å². The van der Waals surface area contributed by atoms with Crippen molar-refractivity contribution in [2.45, 2.75) is 84.0 Å². The van der Waals surface area contributed by atoms with E-state index in [0.29, 0.717) is 0 Å². The van der Waals surface area contributed by atoms with E-state index in [1.807, 2.05) is 12.1 Å². The molecule has 1 nitrogen and oxygen atoms in total. The smallest absolute Gasteiger partial charge is 0.141 e. The van der Waals surface area contributed by atoms with Gasteiger partial charge < -0.3 is 0 Å². The number of aryl methyl sites for hydroxylation is 1. The van der Waals surface area contributed by atoms with Crippen LogP contribution >= 0.6 is 0 Å². The number of nitrogens with zero attached hydrogens (tertiary/aromatic N) is 1. The highest BCUT2D eigenvalue weighted by molar-refractivity contribution is 5.33. The zero-order valence-electron chi connectivity index (χ0n) is 15.2. The summed E-state index contributed by atoms with van der Waals surface area (Å²) in [6.07, 6.45) is 16.0. The molecule has 0 spiro atoms. The maximum absolute atomic E-state index is 13.6. The van der Waals surface area contributed by atoms with E-state index in [1.54, 1.807) is 12.1 Å². The largest absolute Gasteiger partial charge is 0.206 e. The van der Waals surface area contributed by atoms with Crippen molar-refractivity contribution in [1.29, 1.82) is 5.26 Å². The maximum Gasteiger partial charge on any atom is 0.141 e. The Balaban J connectivity index is 1.63. The molecule has 0 saturated heterocycles. The molecule has 0 bridgehead atoms. The standard InChI is InChI=1S/C22H32FN/c1-2-3-4-5-6-7-18-8-10-19(11-9-18)12-13-20-14-15-21(17-24)22(23)16-20/h14-16,18-19H,2-13H2,1H3. The van der Waals surface area contributed by atoms with Crippen LogP contribution in [-0.4, -0.2) is 0 Å². The molecule has 1 saturated carbocycles. The predicted octanol–water partition coefficient (Wildman–Crippen LogP) is 6.80. The van der Waals surface area contributed by atoms with Gasteiger partial charge in [0.2, 0.25) is 0 Å². The van der Waals surface area contributed by atoms with E-state index in [0.717, 1.165) is 30.2 Å². The molecule has 0 aliphatic heterocycles. The van der Waals surface area contributed by atoms with Crippen LogP contribution in [0.2, 0.25) is 0 Å². The SMILES string of the molecule is CCCCCCCC1CCC(CCc2ccc(C#N)c(F)c2)CC1. The fourth-order valence-corrected chi connectivity index (χ4v) is 4.02. The molecule has 24 heavy (non-hydrogen) atoms. The molecule has 0 amide bonds. The van der Waals surface area contributed by atoms with E-state index in [9.17, 15) is 4.39 Å². The topological polar surface area (TPSA) is 23.8 Å². The number of nitriles is 1. The Bertz CT molecular complexity index is 523. The van der Waals surface area contributed by atoms with Crippen LogP contribution < -0.4 is 0 Å². The number of hydrogen-bond acceptors (Lipinski definition) is 1. The third-order valence-electron chi connectivity index (χ3n) is 5.68. The van der Waals surface area contributed by atoms with Gasteiger partial charge in [-0.25, -0.2) is 4.39 Å².